The smallest absolute Gasteiger partial charge is 1.00 e. The summed E-state index contributed by atoms with van der Waals surface area (Å²) < 4.78 is 34.3. The molecule has 0 saturated heterocycles. The van der Waals surface area contributed by atoms with Gasteiger partial charge in [-0.05, 0) is 25.0 Å². The van der Waals surface area contributed by atoms with Crippen molar-refractivity contribution in [3.63, 3.8) is 0 Å². The monoisotopic (exact) mass is 514 g/mol. The molecule has 184 valence electrons. The topological polar surface area (TPSA) is 81.3 Å². The SMILES string of the molecule is O=c1n(CCCCCCCS(=O)(=O)O)c(-c2ccccc2)c(-c2ccccc2)n1-c1ccccc1.[H-].[Na+]. The molecule has 0 bridgehead atoms. The van der Waals surface area contributed by atoms with Crippen LogP contribution in [0, 0.1) is 0 Å². The fourth-order valence-corrected chi connectivity index (χ4v) is 4.97. The molecule has 4 rings (SSSR count). The standard InChI is InChI=1S/C28H30N2O4S.Na.H/c31-28-29(21-13-2-1-3-14-22-35(32,33)34)26(23-15-7-4-8-16-23)27(24-17-9-5-10-18-24)30(28)25-19-11-6-12-20-25;;/h4-12,15-20H,1-3,13-14,21-22H2,(H,32,33,34);;/q;+1;-1. The maximum absolute atomic E-state index is 13.9. The van der Waals surface area contributed by atoms with Crippen LogP contribution >= 0.6 is 0 Å². The van der Waals surface area contributed by atoms with Crippen LogP contribution in [0.5, 0.6) is 0 Å². The molecule has 6 nitrogen and oxygen atoms in total. The quantitative estimate of drug-likeness (QED) is 0.190. The van der Waals surface area contributed by atoms with E-state index in [1.807, 2.05) is 95.6 Å². The van der Waals surface area contributed by atoms with E-state index in [-0.39, 0.29) is 42.4 Å². The number of rotatable bonds is 11. The number of nitrogens with zero attached hydrogens (tertiary/aromatic N) is 2. The summed E-state index contributed by atoms with van der Waals surface area (Å²) in [7, 11) is -3.90. The van der Waals surface area contributed by atoms with Crippen molar-refractivity contribution in [1.82, 2.24) is 9.13 Å². The molecular formula is C28H31N2NaO4S. The number of imidazole rings is 1. The molecule has 0 radical (unpaired) electrons. The van der Waals surface area contributed by atoms with Gasteiger partial charge in [0.2, 0.25) is 0 Å². The predicted octanol–water partition coefficient (Wildman–Crippen LogP) is 2.93. The van der Waals surface area contributed by atoms with Crippen molar-refractivity contribution in [1.29, 1.82) is 0 Å². The minimum Gasteiger partial charge on any atom is -1.00 e. The third-order valence-electron chi connectivity index (χ3n) is 6.03. The molecule has 0 fully saturated rings. The van der Waals surface area contributed by atoms with Gasteiger partial charge in [0.15, 0.2) is 0 Å². The maximum atomic E-state index is 13.9. The van der Waals surface area contributed by atoms with Crippen LogP contribution in [0.25, 0.3) is 28.2 Å². The Labute approximate surface area is 236 Å². The Hall–Kier alpha value is -2.42. The summed E-state index contributed by atoms with van der Waals surface area (Å²) in [6, 6.07) is 29.7. The molecule has 8 heteroatoms. The Balaban J connectivity index is 0.00000241. The van der Waals surface area contributed by atoms with E-state index in [9.17, 15) is 13.2 Å². The summed E-state index contributed by atoms with van der Waals surface area (Å²) in [6.45, 7) is 0.557. The number of aromatic nitrogens is 2. The van der Waals surface area contributed by atoms with Crippen molar-refractivity contribution >= 4 is 10.1 Å². The van der Waals surface area contributed by atoms with E-state index in [0.29, 0.717) is 13.0 Å². The third kappa shape index (κ3) is 7.08. The average molecular weight is 515 g/mol. The van der Waals surface area contributed by atoms with Crippen LogP contribution in [0.1, 0.15) is 33.5 Å². The Morgan fingerprint density at radius 3 is 1.69 bits per heavy atom. The molecule has 1 N–H and O–H groups in total. The van der Waals surface area contributed by atoms with Crippen molar-refractivity contribution in [2.45, 2.75) is 38.6 Å². The van der Waals surface area contributed by atoms with Crippen LogP contribution in [0.3, 0.4) is 0 Å². The van der Waals surface area contributed by atoms with E-state index >= 15 is 0 Å². The van der Waals surface area contributed by atoms with Gasteiger partial charge in [-0.25, -0.2) is 4.79 Å². The molecule has 0 amide bonds. The summed E-state index contributed by atoms with van der Waals surface area (Å²) in [5.74, 6) is -0.203. The first kappa shape index (κ1) is 28.2. The van der Waals surface area contributed by atoms with Crippen LogP contribution in [-0.4, -0.2) is 27.9 Å². The van der Waals surface area contributed by atoms with Gasteiger partial charge in [-0.15, -0.1) is 0 Å². The molecule has 0 atom stereocenters. The summed E-state index contributed by atoms with van der Waals surface area (Å²) in [5, 5.41) is 0. The van der Waals surface area contributed by atoms with Gasteiger partial charge < -0.3 is 1.43 Å². The van der Waals surface area contributed by atoms with Crippen molar-refractivity contribution in [3.8, 4) is 28.2 Å². The number of benzene rings is 3. The van der Waals surface area contributed by atoms with Crippen molar-refractivity contribution < 1.29 is 44.0 Å². The second-order valence-corrected chi connectivity index (χ2v) is 10.2. The molecule has 1 heterocycles. The van der Waals surface area contributed by atoms with Gasteiger partial charge in [-0.2, -0.15) is 8.42 Å². The number of hydrogen-bond acceptors (Lipinski definition) is 3. The fourth-order valence-electron chi connectivity index (χ4n) is 4.40. The third-order valence-corrected chi connectivity index (χ3v) is 6.84. The van der Waals surface area contributed by atoms with Crippen molar-refractivity contribution in [2.75, 3.05) is 5.75 Å². The van der Waals surface area contributed by atoms with Crippen LogP contribution in [0.15, 0.2) is 95.8 Å². The van der Waals surface area contributed by atoms with Crippen molar-refractivity contribution in [2.24, 2.45) is 0 Å². The summed E-state index contributed by atoms with van der Waals surface area (Å²) in [5.41, 5.74) is 4.43. The zero-order valence-electron chi connectivity index (χ0n) is 21.6. The van der Waals surface area contributed by atoms with Gasteiger partial charge in [0.05, 0.1) is 22.8 Å². The Bertz CT molecular complexity index is 1410. The predicted molar refractivity (Wildman–Crippen MR) is 142 cm³/mol. The molecule has 1 aromatic heterocycles. The van der Waals surface area contributed by atoms with E-state index < -0.39 is 10.1 Å². The first-order valence-electron chi connectivity index (χ1n) is 11.9. The fraction of sp³-hybridized carbons (Fsp3) is 0.250. The first-order valence-corrected chi connectivity index (χ1v) is 13.5. The van der Waals surface area contributed by atoms with E-state index in [1.54, 1.807) is 4.57 Å². The van der Waals surface area contributed by atoms with Gasteiger partial charge >= 0.3 is 35.2 Å². The van der Waals surface area contributed by atoms with Gasteiger partial charge in [0.1, 0.15) is 0 Å². The molecule has 0 spiro atoms. The van der Waals surface area contributed by atoms with E-state index in [0.717, 1.165) is 53.9 Å². The largest absolute Gasteiger partial charge is 1.00 e. The average Bonchev–Trinajstić information content (AvgIpc) is 3.16. The Morgan fingerprint density at radius 2 is 1.14 bits per heavy atom. The second-order valence-electron chi connectivity index (χ2n) is 8.59. The molecular weight excluding hydrogens is 483 g/mol. The van der Waals surface area contributed by atoms with Gasteiger partial charge in [-0.1, -0.05) is 98.1 Å². The molecule has 0 aliphatic carbocycles. The molecule has 0 unspecified atom stereocenters. The number of para-hydroxylation sites is 1. The summed E-state index contributed by atoms with van der Waals surface area (Å²) >= 11 is 0. The zero-order chi connectivity index (χ0) is 24.7. The Morgan fingerprint density at radius 1 is 0.667 bits per heavy atom. The molecule has 0 aliphatic heterocycles. The van der Waals surface area contributed by atoms with E-state index in [2.05, 4.69) is 0 Å². The maximum Gasteiger partial charge on any atom is 1.00 e. The molecule has 3 aromatic carbocycles. The minimum absolute atomic E-state index is 0. The summed E-state index contributed by atoms with van der Waals surface area (Å²) in [6.07, 6.45) is 3.66. The molecule has 0 saturated carbocycles. The zero-order valence-corrected chi connectivity index (χ0v) is 23.4. The first-order chi connectivity index (χ1) is 17.0. The van der Waals surface area contributed by atoms with E-state index in [1.165, 1.54) is 0 Å². The van der Waals surface area contributed by atoms with Gasteiger partial charge in [0.25, 0.3) is 10.1 Å². The number of hydrogen-bond donors (Lipinski definition) is 1. The van der Waals surface area contributed by atoms with Crippen LogP contribution in [0.4, 0.5) is 0 Å². The summed E-state index contributed by atoms with van der Waals surface area (Å²) in [4.78, 5) is 13.9. The normalized spacial score (nSPS) is 11.2. The molecule has 4 aromatic rings. The van der Waals surface area contributed by atoms with E-state index in [4.69, 9.17) is 4.55 Å². The van der Waals surface area contributed by atoms with Crippen LogP contribution < -0.4 is 35.2 Å². The second kappa shape index (κ2) is 13.2. The van der Waals surface area contributed by atoms with Gasteiger partial charge in [-0.3, -0.25) is 13.7 Å². The molecule has 36 heavy (non-hydrogen) atoms. The Kier molecular flexibility index (Phi) is 10.3. The van der Waals surface area contributed by atoms with Gasteiger partial charge in [0, 0.05) is 17.7 Å². The molecule has 0 aliphatic rings. The van der Waals surface area contributed by atoms with Crippen LogP contribution in [-0.2, 0) is 16.7 Å². The van der Waals surface area contributed by atoms with Crippen molar-refractivity contribution in [3.05, 3.63) is 101 Å². The van der Waals surface area contributed by atoms with Crippen LogP contribution in [0.2, 0.25) is 0 Å². The minimum atomic E-state index is -3.90. The number of unbranched alkanes of at least 4 members (excludes halogenated alkanes) is 4.